The van der Waals surface area contributed by atoms with Crippen LogP contribution >= 0.6 is 0 Å². The predicted molar refractivity (Wildman–Crippen MR) is 89.3 cm³/mol. The fourth-order valence-corrected chi connectivity index (χ4v) is 2.49. The van der Waals surface area contributed by atoms with Crippen molar-refractivity contribution >= 4 is 6.03 Å². The van der Waals surface area contributed by atoms with Gasteiger partial charge in [0.2, 0.25) is 0 Å². The van der Waals surface area contributed by atoms with Crippen LogP contribution in [0.3, 0.4) is 0 Å². The number of nitrogens with zero attached hydrogens (tertiary/aromatic N) is 2. The van der Waals surface area contributed by atoms with Gasteiger partial charge in [-0.15, -0.1) is 0 Å². The summed E-state index contributed by atoms with van der Waals surface area (Å²) >= 11 is 0. The Hall–Kier alpha value is -2.50. The lowest BCUT2D eigenvalue weighted by atomic mass is 9.93. The number of urea groups is 1. The second-order valence-electron chi connectivity index (χ2n) is 6.09. The lowest BCUT2D eigenvalue weighted by molar-refractivity contribution is 0.226. The third-order valence-electron chi connectivity index (χ3n) is 3.78. The first kappa shape index (κ1) is 16.9. The maximum atomic E-state index is 12.3. The monoisotopic (exact) mass is 316 g/mol. The summed E-state index contributed by atoms with van der Waals surface area (Å²) in [6.07, 6.45) is 3.63. The summed E-state index contributed by atoms with van der Waals surface area (Å²) in [6.45, 7) is 5.81. The maximum absolute atomic E-state index is 12.3. The van der Waals surface area contributed by atoms with E-state index in [4.69, 9.17) is 4.74 Å². The fourth-order valence-electron chi connectivity index (χ4n) is 2.49. The molecule has 23 heavy (non-hydrogen) atoms. The highest BCUT2D eigenvalue weighted by Gasteiger charge is 2.26. The lowest BCUT2D eigenvalue weighted by Gasteiger charge is -2.29. The first-order valence-corrected chi connectivity index (χ1v) is 7.54. The van der Waals surface area contributed by atoms with Crippen LogP contribution in [0.15, 0.2) is 36.7 Å². The molecule has 1 aromatic carbocycles. The van der Waals surface area contributed by atoms with Crippen molar-refractivity contribution in [3.63, 3.8) is 0 Å². The molecule has 2 rings (SSSR count). The van der Waals surface area contributed by atoms with Crippen LogP contribution in [0.1, 0.15) is 37.9 Å². The van der Waals surface area contributed by atoms with Crippen LogP contribution in [0.2, 0.25) is 0 Å². The minimum atomic E-state index is -0.564. The number of benzene rings is 1. The topological polar surface area (TPSA) is 68.2 Å². The van der Waals surface area contributed by atoms with Gasteiger partial charge in [0.15, 0.2) is 0 Å². The Morgan fingerprint density at radius 2 is 2.04 bits per heavy atom. The number of carbonyl (C=O) groups is 1. The second-order valence-corrected chi connectivity index (χ2v) is 6.09. The van der Waals surface area contributed by atoms with Crippen molar-refractivity contribution in [3.8, 4) is 5.75 Å². The molecule has 6 nitrogen and oxygen atoms in total. The van der Waals surface area contributed by atoms with Crippen molar-refractivity contribution < 1.29 is 9.53 Å². The highest BCUT2D eigenvalue weighted by Crippen LogP contribution is 2.29. The van der Waals surface area contributed by atoms with E-state index in [9.17, 15) is 4.79 Å². The number of rotatable bonds is 5. The Bertz CT molecular complexity index is 679. The van der Waals surface area contributed by atoms with Crippen LogP contribution in [-0.4, -0.2) is 22.9 Å². The van der Waals surface area contributed by atoms with Gasteiger partial charge in [-0.1, -0.05) is 18.2 Å². The molecular weight excluding hydrogens is 292 g/mol. The summed E-state index contributed by atoms with van der Waals surface area (Å²) in [6, 6.07) is 7.30. The second kappa shape index (κ2) is 6.73. The Morgan fingerprint density at radius 1 is 1.35 bits per heavy atom. The van der Waals surface area contributed by atoms with Gasteiger partial charge in [-0.2, -0.15) is 5.10 Å². The van der Waals surface area contributed by atoms with E-state index in [1.54, 1.807) is 18.0 Å². The van der Waals surface area contributed by atoms with Gasteiger partial charge in [0.05, 0.1) is 24.9 Å². The Kier molecular flexibility index (Phi) is 4.93. The van der Waals surface area contributed by atoms with Gasteiger partial charge in [-0.3, -0.25) is 4.68 Å². The zero-order valence-electron chi connectivity index (χ0n) is 14.3. The standard InChI is InChI=1S/C17H24N4O2/c1-12(13-10-18-21(4)11-13)19-16(22)20-17(2,3)14-8-6-7-9-15(14)23-5/h6-12H,1-5H3,(H2,19,20,22)/t12-/m0/s1. The molecule has 2 amide bonds. The number of methoxy groups -OCH3 is 1. The smallest absolute Gasteiger partial charge is 0.315 e. The fraction of sp³-hybridized carbons (Fsp3) is 0.412. The summed E-state index contributed by atoms with van der Waals surface area (Å²) in [7, 11) is 3.47. The summed E-state index contributed by atoms with van der Waals surface area (Å²) in [4.78, 5) is 12.3. The van der Waals surface area contributed by atoms with Crippen molar-refractivity contribution in [3.05, 3.63) is 47.8 Å². The normalized spacial score (nSPS) is 12.6. The van der Waals surface area contributed by atoms with E-state index >= 15 is 0 Å². The van der Waals surface area contributed by atoms with E-state index in [1.807, 2.05) is 58.3 Å². The summed E-state index contributed by atoms with van der Waals surface area (Å²) in [5, 5.41) is 10.0. The molecule has 0 saturated carbocycles. The third kappa shape index (κ3) is 4.03. The van der Waals surface area contributed by atoms with Crippen LogP contribution in [0.25, 0.3) is 0 Å². The van der Waals surface area contributed by atoms with Crippen molar-refractivity contribution in [2.45, 2.75) is 32.4 Å². The predicted octanol–water partition coefficient (Wildman–Crippen LogP) is 2.72. The minimum Gasteiger partial charge on any atom is -0.496 e. The molecule has 0 spiro atoms. The van der Waals surface area contributed by atoms with E-state index in [0.717, 1.165) is 16.9 Å². The molecule has 0 aliphatic rings. The van der Waals surface area contributed by atoms with E-state index in [0.29, 0.717) is 0 Å². The van der Waals surface area contributed by atoms with Crippen molar-refractivity contribution in [2.75, 3.05) is 7.11 Å². The number of hydrogen-bond acceptors (Lipinski definition) is 3. The van der Waals surface area contributed by atoms with Gasteiger partial charge in [0.1, 0.15) is 5.75 Å². The molecule has 1 atom stereocenters. The lowest BCUT2D eigenvalue weighted by Crippen LogP contribution is -2.47. The highest BCUT2D eigenvalue weighted by atomic mass is 16.5. The molecule has 1 aromatic heterocycles. The maximum Gasteiger partial charge on any atom is 0.315 e. The number of aromatic nitrogens is 2. The van der Waals surface area contributed by atoms with Crippen LogP contribution in [0.5, 0.6) is 5.75 Å². The first-order valence-electron chi connectivity index (χ1n) is 7.54. The van der Waals surface area contributed by atoms with Crippen LogP contribution in [-0.2, 0) is 12.6 Å². The number of ether oxygens (including phenoxy) is 1. The summed E-state index contributed by atoms with van der Waals surface area (Å²) in [5.74, 6) is 0.748. The summed E-state index contributed by atoms with van der Waals surface area (Å²) in [5.41, 5.74) is 1.31. The molecule has 0 fully saturated rings. The number of aryl methyl sites for hydroxylation is 1. The average molecular weight is 316 g/mol. The van der Waals surface area contributed by atoms with Gasteiger partial charge >= 0.3 is 6.03 Å². The van der Waals surface area contributed by atoms with Crippen LogP contribution < -0.4 is 15.4 Å². The average Bonchev–Trinajstić information content (AvgIpc) is 2.93. The molecule has 6 heteroatoms. The summed E-state index contributed by atoms with van der Waals surface area (Å²) < 4.78 is 7.10. The molecule has 0 aliphatic carbocycles. The molecule has 0 saturated heterocycles. The van der Waals surface area contributed by atoms with Crippen molar-refractivity contribution in [2.24, 2.45) is 7.05 Å². The first-order chi connectivity index (χ1) is 10.8. The van der Waals surface area contributed by atoms with E-state index in [-0.39, 0.29) is 12.1 Å². The van der Waals surface area contributed by atoms with Gasteiger partial charge in [0, 0.05) is 24.4 Å². The molecule has 0 bridgehead atoms. The molecule has 0 radical (unpaired) electrons. The molecule has 124 valence electrons. The third-order valence-corrected chi connectivity index (χ3v) is 3.78. The number of nitrogens with one attached hydrogen (secondary N) is 2. The molecule has 0 aliphatic heterocycles. The SMILES string of the molecule is COc1ccccc1C(C)(C)NC(=O)N[C@@H](C)c1cnn(C)c1. The van der Waals surface area contributed by atoms with Crippen molar-refractivity contribution in [1.29, 1.82) is 0 Å². The van der Waals surface area contributed by atoms with Crippen LogP contribution in [0.4, 0.5) is 4.79 Å². The zero-order valence-corrected chi connectivity index (χ0v) is 14.3. The van der Waals surface area contributed by atoms with Gasteiger partial charge in [-0.05, 0) is 26.8 Å². The number of amides is 2. The Balaban J connectivity index is 2.06. The largest absolute Gasteiger partial charge is 0.496 e. The molecule has 2 aromatic rings. The van der Waals surface area contributed by atoms with Crippen LogP contribution in [0, 0.1) is 0 Å². The molecule has 2 N–H and O–H groups in total. The number of carbonyl (C=O) groups excluding carboxylic acids is 1. The van der Waals surface area contributed by atoms with Gasteiger partial charge in [-0.25, -0.2) is 4.79 Å². The van der Waals surface area contributed by atoms with Gasteiger partial charge < -0.3 is 15.4 Å². The Morgan fingerprint density at radius 3 is 2.65 bits per heavy atom. The van der Waals surface area contributed by atoms with E-state index < -0.39 is 5.54 Å². The minimum absolute atomic E-state index is 0.128. The number of para-hydroxylation sites is 1. The van der Waals surface area contributed by atoms with E-state index in [1.165, 1.54) is 0 Å². The molecule has 1 heterocycles. The molecule has 0 unspecified atom stereocenters. The van der Waals surface area contributed by atoms with Gasteiger partial charge in [0.25, 0.3) is 0 Å². The highest BCUT2D eigenvalue weighted by molar-refractivity contribution is 5.75. The molecular formula is C17H24N4O2. The Labute approximate surface area is 136 Å². The van der Waals surface area contributed by atoms with E-state index in [2.05, 4.69) is 15.7 Å². The zero-order chi connectivity index (χ0) is 17.0. The van der Waals surface area contributed by atoms with Crippen molar-refractivity contribution in [1.82, 2.24) is 20.4 Å². The quantitative estimate of drug-likeness (QED) is 0.891. The number of hydrogen-bond donors (Lipinski definition) is 2.